The van der Waals surface area contributed by atoms with Crippen LogP contribution in [0.2, 0.25) is 19.6 Å². The van der Waals surface area contributed by atoms with Crippen LogP contribution in [-0.2, 0) is 4.43 Å². The highest BCUT2D eigenvalue weighted by molar-refractivity contribution is 6.69. The quantitative estimate of drug-likeness (QED) is 0.426. The minimum absolute atomic E-state index is 0.0575. The molecule has 0 aromatic heterocycles. The van der Waals surface area contributed by atoms with Crippen LogP contribution in [0.5, 0.6) is 0 Å². The smallest absolute Gasteiger partial charge is 0.184 e. The maximum atomic E-state index is 12.0. The summed E-state index contributed by atoms with van der Waals surface area (Å²) in [5, 5.41) is 10.1. The van der Waals surface area contributed by atoms with Gasteiger partial charge in [-0.2, -0.15) is 0 Å². The highest BCUT2D eigenvalue weighted by Crippen LogP contribution is 2.14. The van der Waals surface area contributed by atoms with Crippen LogP contribution in [0.25, 0.3) is 0 Å². The largest absolute Gasteiger partial charge is 0.413 e. The van der Waals surface area contributed by atoms with Crippen molar-refractivity contribution in [2.24, 2.45) is 0 Å². The number of rotatable bonds is 9. The van der Waals surface area contributed by atoms with E-state index in [1.54, 1.807) is 12.1 Å². The van der Waals surface area contributed by atoms with Crippen LogP contribution in [0.15, 0.2) is 48.2 Å². The van der Waals surface area contributed by atoms with E-state index in [2.05, 4.69) is 32.0 Å². The molecule has 1 atom stereocenters. The van der Waals surface area contributed by atoms with Crippen molar-refractivity contribution >= 4 is 14.1 Å². The van der Waals surface area contributed by atoms with Gasteiger partial charge in [-0.1, -0.05) is 36.9 Å². The number of carbonyl (C=O) groups is 1. The van der Waals surface area contributed by atoms with E-state index in [-0.39, 0.29) is 5.78 Å². The lowest BCUT2D eigenvalue weighted by Gasteiger charge is -2.19. The first-order valence-electron chi connectivity index (χ1n) is 7.60. The van der Waals surface area contributed by atoms with Crippen LogP contribution >= 0.6 is 0 Å². The lowest BCUT2D eigenvalue weighted by Crippen LogP contribution is -2.27. The SMILES string of the molecule is C=C=C(CO[Si](C)(C)C)CC(O)CCC(=O)c1ccccc1. The van der Waals surface area contributed by atoms with Crippen LogP contribution in [0.1, 0.15) is 29.6 Å². The number of aliphatic hydroxyl groups excluding tert-OH is 1. The van der Waals surface area contributed by atoms with Crippen molar-refractivity contribution in [2.45, 2.75) is 45.0 Å². The molecule has 1 rings (SSSR count). The third-order valence-corrected chi connectivity index (χ3v) is 4.22. The van der Waals surface area contributed by atoms with Crippen molar-refractivity contribution in [3.05, 3.63) is 53.8 Å². The summed E-state index contributed by atoms with van der Waals surface area (Å²) < 4.78 is 5.80. The molecule has 0 saturated carbocycles. The summed E-state index contributed by atoms with van der Waals surface area (Å²) in [6.07, 6.45) is 0.661. The first kappa shape index (κ1) is 18.6. The Morgan fingerprint density at radius 2 is 1.95 bits per heavy atom. The van der Waals surface area contributed by atoms with Gasteiger partial charge >= 0.3 is 0 Å². The molecule has 0 heterocycles. The summed E-state index contributed by atoms with van der Waals surface area (Å²) in [6, 6.07) is 9.16. The van der Waals surface area contributed by atoms with E-state index >= 15 is 0 Å². The van der Waals surface area contributed by atoms with E-state index in [0.29, 0.717) is 31.4 Å². The molecule has 3 nitrogen and oxygen atoms in total. The molecule has 1 unspecified atom stereocenters. The van der Waals surface area contributed by atoms with Gasteiger partial charge in [0.25, 0.3) is 0 Å². The molecule has 0 amide bonds. The van der Waals surface area contributed by atoms with Gasteiger partial charge in [0.1, 0.15) is 0 Å². The van der Waals surface area contributed by atoms with Crippen LogP contribution in [0, 0.1) is 0 Å². The second kappa shape index (κ2) is 8.86. The molecular weight excluding hydrogens is 292 g/mol. The average Bonchev–Trinajstić information content (AvgIpc) is 2.49. The van der Waals surface area contributed by atoms with E-state index in [9.17, 15) is 9.90 Å². The Labute approximate surface area is 134 Å². The summed E-state index contributed by atoms with van der Waals surface area (Å²) >= 11 is 0. The molecule has 0 saturated heterocycles. The third-order valence-electron chi connectivity index (χ3n) is 3.21. The summed E-state index contributed by atoms with van der Waals surface area (Å²) in [7, 11) is -1.59. The molecule has 1 aromatic carbocycles. The van der Waals surface area contributed by atoms with Crippen molar-refractivity contribution < 1.29 is 14.3 Å². The van der Waals surface area contributed by atoms with Crippen LogP contribution in [0.4, 0.5) is 0 Å². The number of ketones is 1. The molecular formula is C18H26O3Si. The van der Waals surface area contributed by atoms with E-state index in [0.717, 1.165) is 5.57 Å². The summed E-state index contributed by atoms with van der Waals surface area (Å²) in [6.45, 7) is 10.5. The number of hydrogen-bond acceptors (Lipinski definition) is 3. The van der Waals surface area contributed by atoms with Gasteiger partial charge in [0, 0.05) is 18.4 Å². The van der Waals surface area contributed by atoms with Gasteiger partial charge < -0.3 is 9.53 Å². The normalized spacial score (nSPS) is 12.5. The number of carbonyl (C=O) groups excluding carboxylic acids is 1. The molecule has 120 valence electrons. The van der Waals surface area contributed by atoms with Crippen LogP contribution < -0.4 is 0 Å². The summed E-state index contributed by atoms with van der Waals surface area (Å²) in [5.41, 5.74) is 4.40. The second-order valence-electron chi connectivity index (χ2n) is 6.37. The van der Waals surface area contributed by atoms with Crippen molar-refractivity contribution in [1.82, 2.24) is 0 Å². The molecule has 4 heteroatoms. The van der Waals surface area contributed by atoms with Gasteiger partial charge in [0.2, 0.25) is 0 Å². The van der Waals surface area contributed by atoms with E-state index in [4.69, 9.17) is 4.43 Å². The Morgan fingerprint density at radius 3 is 2.50 bits per heavy atom. The number of benzene rings is 1. The fraction of sp³-hybridized carbons (Fsp3) is 0.444. The highest BCUT2D eigenvalue weighted by Gasteiger charge is 2.16. The Balaban J connectivity index is 2.40. The van der Waals surface area contributed by atoms with Crippen molar-refractivity contribution in [3.63, 3.8) is 0 Å². The first-order chi connectivity index (χ1) is 10.3. The minimum Gasteiger partial charge on any atom is -0.413 e. The molecule has 0 radical (unpaired) electrons. The third kappa shape index (κ3) is 7.53. The predicted molar refractivity (Wildman–Crippen MR) is 92.6 cm³/mol. The van der Waals surface area contributed by atoms with Gasteiger partial charge in [-0.15, -0.1) is 5.73 Å². The molecule has 0 spiro atoms. The molecule has 0 bridgehead atoms. The summed E-state index contributed by atoms with van der Waals surface area (Å²) in [4.78, 5) is 12.0. The lowest BCUT2D eigenvalue weighted by molar-refractivity contribution is 0.0938. The van der Waals surface area contributed by atoms with Gasteiger partial charge in [-0.05, 0) is 31.6 Å². The van der Waals surface area contributed by atoms with E-state index in [1.165, 1.54) is 0 Å². The molecule has 0 aliphatic heterocycles. The minimum atomic E-state index is -1.59. The standard InChI is InChI=1S/C18H26O3Si/c1-5-15(14-21-22(2,3)4)13-17(19)11-12-18(20)16-9-7-6-8-10-16/h6-10,17,19H,1,11-14H2,2-4H3. The van der Waals surface area contributed by atoms with Crippen molar-refractivity contribution in [1.29, 1.82) is 0 Å². The second-order valence-corrected chi connectivity index (χ2v) is 10.9. The maximum absolute atomic E-state index is 12.0. The van der Waals surface area contributed by atoms with Gasteiger partial charge in [0.15, 0.2) is 14.1 Å². The first-order valence-corrected chi connectivity index (χ1v) is 11.0. The zero-order chi connectivity index (χ0) is 16.6. The molecule has 22 heavy (non-hydrogen) atoms. The average molecular weight is 318 g/mol. The topological polar surface area (TPSA) is 46.5 Å². The lowest BCUT2D eigenvalue weighted by atomic mass is 10.0. The Bertz CT molecular complexity index is 525. The monoisotopic (exact) mass is 318 g/mol. The number of Topliss-reactive ketones (excluding diaryl/α,β-unsaturated/α-hetero) is 1. The molecule has 0 aliphatic rings. The Kier molecular flexibility index (Phi) is 7.49. The zero-order valence-electron chi connectivity index (χ0n) is 13.8. The van der Waals surface area contributed by atoms with Gasteiger partial charge in [-0.25, -0.2) is 0 Å². The van der Waals surface area contributed by atoms with Crippen LogP contribution in [-0.4, -0.2) is 31.9 Å². The fourth-order valence-electron chi connectivity index (χ4n) is 1.94. The molecule has 0 fully saturated rings. The fourth-order valence-corrected chi connectivity index (χ4v) is 2.55. The van der Waals surface area contributed by atoms with Crippen LogP contribution in [0.3, 0.4) is 0 Å². The van der Waals surface area contributed by atoms with Crippen molar-refractivity contribution in [3.8, 4) is 0 Å². The van der Waals surface area contributed by atoms with E-state index in [1.807, 2.05) is 18.2 Å². The molecule has 1 N–H and O–H groups in total. The van der Waals surface area contributed by atoms with Crippen molar-refractivity contribution in [2.75, 3.05) is 6.61 Å². The molecule has 0 aliphatic carbocycles. The number of aliphatic hydroxyl groups is 1. The highest BCUT2D eigenvalue weighted by atomic mass is 28.4. The van der Waals surface area contributed by atoms with Gasteiger partial charge in [-0.3, -0.25) is 4.79 Å². The summed E-state index contributed by atoms with van der Waals surface area (Å²) in [5.74, 6) is 0.0575. The zero-order valence-corrected chi connectivity index (χ0v) is 14.8. The Hall–Kier alpha value is -1.45. The Morgan fingerprint density at radius 1 is 1.32 bits per heavy atom. The van der Waals surface area contributed by atoms with Gasteiger partial charge in [0.05, 0.1) is 12.7 Å². The number of hydrogen-bond donors (Lipinski definition) is 1. The predicted octanol–water partition coefficient (Wildman–Crippen LogP) is 3.96. The molecule has 1 aromatic rings. The maximum Gasteiger partial charge on any atom is 0.184 e. The van der Waals surface area contributed by atoms with E-state index < -0.39 is 14.4 Å².